The molecule has 1 aliphatic rings. The van der Waals surface area contributed by atoms with Gasteiger partial charge in [0.1, 0.15) is 5.82 Å². The van der Waals surface area contributed by atoms with Crippen molar-refractivity contribution in [1.29, 1.82) is 0 Å². The molecule has 1 unspecified atom stereocenters. The molecular weight excluding hydrogens is 277 g/mol. The third kappa shape index (κ3) is 2.45. The van der Waals surface area contributed by atoms with Gasteiger partial charge in [-0.15, -0.1) is 0 Å². The quantitative estimate of drug-likeness (QED) is 0.940. The largest absolute Gasteiger partial charge is 0.306 e. The number of halogens is 2. The summed E-state index contributed by atoms with van der Waals surface area (Å²) in [7, 11) is 1.97. The van der Waals surface area contributed by atoms with Crippen LogP contribution in [0, 0.1) is 5.82 Å². The Kier molecular flexibility index (Phi) is 3.76. The van der Waals surface area contributed by atoms with Gasteiger partial charge in [0.25, 0.3) is 0 Å². The zero-order chi connectivity index (χ0) is 14.1. The number of benzene rings is 1. The van der Waals surface area contributed by atoms with Crippen molar-refractivity contribution in [3.05, 3.63) is 52.1 Å². The maximum atomic E-state index is 13.8. The Morgan fingerprint density at radius 2 is 2.35 bits per heavy atom. The topological polar surface area (TPSA) is 29.9 Å². The Bertz CT molecular complexity index is 603. The summed E-state index contributed by atoms with van der Waals surface area (Å²) in [5.74, 6) is -0.257. The first-order chi connectivity index (χ1) is 9.66. The van der Waals surface area contributed by atoms with Crippen LogP contribution < -0.4 is 5.32 Å². The molecule has 0 aliphatic heterocycles. The monoisotopic (exact) mass is 293 g/mol. The normalized spacial score (nSPS) is 18.1. The van der Waals surface area contributed by atoms with Crippen molar-refractivity contribution < 1.29 is 4.39 Å². The highest BCUT2D eigenvalue weighted by atomic mass is 35.5. The molecule has 5 heteroatoms. The fourth-order valence-corrected chi connectivity index (χ4v) is 3.07. The van der Waals surface area contributed by atoms with Crippen LogP contribution >= 0.6 is 11.6 Å². The number of aromatic nitrogens is 2. The van der Waals surface area contributed by atoms with E-state index in [9.17, 15) is 4.39 Å². The number of rotatable bonds is 3. The van der Waals surface area contributed by atoms with E-state index in [1.807, 2.05) is 17.9 Å². The number of fused-ring (bicyclic) bond motifs is 1. The van der Waals surface area contributed by atoms with Crippen LogP contribution in [-0.2, 0) is 20.0 Å². The van der Waals surface area contributed by atoms with Gasteiger partial charge in [-0.1, -0.05) is 17.7 Å². The minimum absolute atomic E-state index is 0.225. The van der Waals surface area contributed by atoms with Crippen molar-refractivity contribution in [2.24, 2.45) is 7.05 Å². The zero-order valence-electron chi connectivity index (χ0n) is 11.4. The summed E-state index contributed by atoms with van der Waals surface area (Å²) in [6.45, 7) is 0.435. The average molecular weight is 294 g/mol. The van der Waals surface area contributed by atoms with Gasteiger partial charge in [-0.25, -0.2) is 4.39 Å². The smallest absolute Gasteiger partial charge is 0.129 e. The molecular formula is C15H17ClFN3. The van der Waals surface area contributed by atoms with Crippen molar-refractivity contribution in [3.63, 3.8) is 0 Å². The molecule has 0 spiro atoms. The lowest BCUT2D eigenvalue weighted by Crippen LogP contribution is -2.25. The molecule has 106 valence electrons. The number of nitrogens with one attached hydrogen (secondary N) is 1. The van der Waals surface area contributed by atoms with Crippen LogP contribution in [0.25, 0.3) is 0 Å². The summed E-state index contributed by atoms with van der Waals surface area (Å²) < 4.78 is 15.7. The Morgan fingerprint density at radius 3 is 3.15 bits per heavy atom. The fourth-order valence-electron chi connectivity index (χ4n) is 2.84. The molecule has 0 bridgehead atoms. The molecule has 1 aromatic heterocycles. The second-order valence-corrected chi connectivity index (χ2v) is 5.60. The molecule has 1 atom stereocenters. The van der Waals surface area contributed by atoms with Gasteiger partial charge in [0, 0.05) is 41.5 Å². The maximum absolute atomic E-state index is 13.8. The highest BCUT2D eigenvalue weighted by Gasteiger charge is 2.23. The van der Waals surface area contributed by atoms with Crippen molar-refractivity contribution in [3.8, 4) is 0 Å². The molecule has 1 aliphatic carbocycles. The Labute approximate surface area is 122 Å². The van der Waals surface area contributed by atoms with E-state index >= 15 is 0 Å². The first-order valence-corrected chi connectivity index (χ1v) is 7.21. The number of nitrogens with zero attached hydrogens (tertiary/aromatic N) is 2. The molecule has 1 N–H and O–H groups in total. The van der Waals surface area contributed by atoms with Crippen LogP contribution in [-0.4, -0.2) is 9.78 Å². The van der Waals surface area contributed by atoms with Gasteiger partial charge in [0.2, 0.25) is 0 Å². The summed E-state index contributed by atoms with van der Waals surface area (Å²) in [6, 6.07) is 5.02. The molecule has 20 heavy (non-hydrogen) atoms. The second kappa shape index (κ2) is 5.54. The Morgan fingerprint density at radius 1 is 1.50 bits per heavy atom. The van der Waals surface area contributed by atoms with Crippen LogP contribution in [0.15, 0.2) is 24.4 Å². The molecule has 1 aromatic carbocycles. The van der Waals surface area contributed by atoms with Gasteiger partial charge in [-0.2, -0.15) is 5.10 Å². The van der Waals surface area contributed by atoms with E-state index in [2.05, 4.69) is 10.4 Å². The minimum Gasteiger partial charge on any atom is -0.306 e. The van der Waals surface area contributed by atoms with Crippen molar-refractivity contribution in [2.45, 2.75) is 31.8 Å². The molecule has 3 rings (SSSR count). The highest BCUT2D eigenvalue weighted by molar-refractivity contribution is 6.31. The maximum Gasteiger partial charge on any atom is 0.129 e. The summed E-state index contributed by atoms with van der Waals surface area (Å²) in [5.41, 5.74) is 3.03. The lowest BCUT2D eigenvalue weighted by Gasteiger charge is -2.24. The van der Waals surface area contributed by atoms with Crippen LogP contribution in [0.4, 0.5) is 4.39 Å². The predicted molar refractivity (Wildman–Crippen MR) is 77.1 cm³/mol. The van der Waals surface area contributed by atoms with Crippen molar-refractivity contribution >= 4 is 11.6 Å². The Hall–Kier alpha value is -1.39. The van der Waals surface area contributed by atoms with E-state index in [0.29, 0.717) is 17.1 Å². The first-order valence-electron chi connectivity index (χ1n) is 6.84. The molecule has 0 radical (unpaired) electrons. The lowest BCUT2D eigenvalue weighted by molar-refractivity contribution is 0.446. The predicted octanol–water partition coefficient (Wildman–Crippen LogP) is 3.38. The third-order valence-corrected chi connectivity index (χ3v) is 4.32. The minimum atomic E-state index is -0.257. The summed E-state index contributed by atoms with van der Waals surface area (Å²) in [6.07, 6.45) is 5.14. The van der Waals surface area contributed by atoms with E-state index in [1.54, 1.807) is 12.1 Å². The van der Waals surface area contributed by atoms with Crippen molar-refractivity contribution in [1.82, 2.24) is 15.1 Å². The summed E-state index contributed by atoms with van der Waals surface area (Å²) >= 11 is 6.06. The van der Waals surface area contributed by atoms with Crippen LogP contribution in [0.2, 0.25) is 5.02 Å². The summed E-state index contributed by atoms with van der Waals surface area (Å²) in [5, 5.41) is 8.20. The van der Waals surface area contributed by atoms with Gasteiger partial charge in [0.15, 0.2) is 0 Å². The molecule has 0 saturated carbocycles. The average Bonchev–Trinajstić information content (AvgIpc) is 2.81. The van der Waals surface area contributed by atoms with Gasteiger partial charge < -0.3 is 5.32 Å². The lowest BCUT2D eigenvalue weighted by atomic mass is 9.93. The van der Waals surface area contributed by atoms with E-state index in [4.69, 9.17) is 11.6 Å². The molecule has 3 nitrogen and oxygen atoms in total. The van der Waals surface area contributed by atoms with Crippen LogP contribution in [0.1, 0.15) is 35.7 Å². The molecule has 0 saturated heterocycles. The van der Waals surface area contributed by atoms with Crippen LogP contribution in [0.5, 0.6) is 0 Å². The Balaban J connectivity index is 1.77. The molecule has 0 fully saturated rings. The van der Waals surface area contributed by atoms with Gasteiger partial charge in [-0.05, 0) is 31.4 Å². The number of hydrogen-bond donors (Lipinski definition) is 1. The van der Waals surface area contributed by atoms with Gasteiger partial charge >= 0.3 is 0 Å². The molecule has 1 heterocycles. The SMILES string of the molecule is Cn1ncc2c1CCCC2NCc1c(F)cccc1Cl. The third-order valence-electron chi connectivity index (χ3n) is 3.96. The summed E-state index contributed by atoms with van der Waals surface area (Å²) in [4.78, 5) is 0. The molecule has 0 amide bonds. The van der Waals surface area contributed by atoms with E-state index < -0.39 is 0 Å². The van der Waals surface area contributed by atoms with Crippen LogP contribution in [0.3, 0.4) is 0 Å². The number of hydrogen-bond acceptors (Lipinski definition) is 2. The van der Waals surface area contributed by atoms with E-state index in [0.717, 1.165) is 19.3 Å². The highest BCUT2D eigenvalue weighted by Crippen LogP contribution is 2.30. The van der Waals surface area contributed by atoms with Crippen molar-refractivity contribution in [2.75, 3.05) is 0 Å². The second-order valence-electron chi connectivity index (χ2n) is 5.20. The first kappa shape index (κ1) is 13.6. The standard InChI is InChI=1S/C15H17ClFN3/c1-20-15-7-3-6-14(11(15)9-19-20)18-8-10-12(16)4-2-5-13(10)17/h2,4-5,9,14,18H,3,6-8H2,1H3. The number of aryl methyl sites for hydroxylation is 1. The fraction of sp³-hybridized carbons (Fsp3) is 0.400. The zero-order valence-corrected chi connectivity index (χ0v) is 12.1. The van der Waals surface area contributed by atoms with Gasteiger partial charge in [0.05, 0.1) is 6.20 Å². The van der Waals surface area contributed by atoms with E-state index in [1.165, 1.54) is 17.3 Å². The van der Waals surface area contributed by atoms with E-state index in [-0.39, 0.29) is 11.9 Å². The van der Waals surface area contributed by atoms with Gasteiger partial charge in [-0.3, -0.25) is 4.68 Å². The molecule has 2 aromatic rings.